The van der Waals surface area contributed by atoms with Gasteiger partial charge in [-0.3, -0.25) is 0 Å². The molecule has 140 valence electrons. The first kappa shape index (κ1) is 19.2. The molecule has 0 heterocycles. The SMILES string of the molecule is CCCCCc1ccc2cc(C3=CCC(CC(C)CC)CC3)ccc2c1. The molecule has 2 atom stereocenters. The second-order valence-electron chi connectivity index (χ2n) is 8.47. The third-order valence-electron chi connectivity index (χ3n) is 6.30. The maximum atomic E-state index is 2.52. The van der Waals surface area contributed by atoms with Gasteiger partial charge in [-0.15, -0.1) is 0 Å². The molecule has 3 rings (SSSR count). The van der Waals surface area contributed by atoms with Gasteiger partial charge in [-0.05, 0) is 83.9 Å². The Labute approximate surface area is 160 Å². The zero-order valence-electron chi connectivity index (χ0n) is 17.1. The minimum atomic E-state index is 0.877. The standard InChI is InChI=1S/C26H36/c1-4-6-7-8-21-11-14-26-19-25(16-15-24(26)18-21)23-12-9-22(10-13-23)17-20(3)5-2/h11-12,14-16,18-20,22H,4-10,13,17H2,1-3H3. The molecule has 0 aromatic heterocycles. The number of hydrogen-bond acceptors (Lipinski definition) is 0. The number of allylic oxidation sites excluding steroid dienone is 2. The Kier molecular flexibility index (Phi) is 6.94. The fraction of sp³-hybridized carbons (Fsp3) is 0.538. The van der Waals surface area contributed by atoms with E-state index in [1.807, 2.05) is 0 Å². The predicted octanol–water partition coefficient (Wildman–Crippen LogP) is 8.19. The van der Waals surface area contributed by atoms with Crippen LogP contribution in [0.4, 0.5) is 0 Å². The van der Waals surface area contributed by atoms with E-state index in [0.717, 1.165) is 11.8 Å². The highest BCUT2D eigenvalue weighted by Gasteiger charge is 2.17. The molecule has 0 spiro atoms. The van der Waals surface area contributed by atoms with Crippen molar-refractivity contribution in [3.05, 3.63) is 53.6 Å². The van der Waals surface area contributed by atoms with Gasteiger partial charge in [0.05, 0.1) is 0 Å². The fourth-order valence-electron chi connectivity index (χ4n) is 4.33. The summed E-state index contributed by atoms with van der Waals surface area (Å²) in [4.78, 5) is 0. The highest BCUT2D eigenvalue weighted by Crippen LogP contribution is 2.35. The molecular formula is C26H36. The highest BCUT2D eigenvalue weighted by molar-refractivity contribution is 5.87. The zero-order chi connectivity index (χ0) is 18.4. The number of fused-ring (bicyclic) bond motifs is 1. The first-order valence-corrected chi connectivity index (χ1v) is 10.9. The molecule has 0 radical (unpaired) electrons. The van der Waals surface area contributed by atoms with E-state index in [1.165, 1.54) is 79.7 Å². The van der Waals surface area contributed by atoms with E-state index in [-0.39, 0.29) is 0 Å². The smallest absolute Gasteiger partial charge is 0.0178 e. The van der Waals surface area contributed by atoms with Crippen LogP contribution in [0.1, 0.15) is 83.3 Å². The Bertz CT molecular complexity index is 737. The van der Waals surface area contributed by atoms with Crippen molar-refractivity contribution < 1.29 is 0 Å². The summed E-state index contributed by atoms with van der Waals surface area (Å²) in [6, 6.07) is 14.1. The van der Waals surface area contributed by atoms with Gasteiger partial charge in [0, 0.05) is 0 Å². The van der Waals surface area contributed by atoms with Crippen LogP contribution in [-0.4, -0.2) is 0 Å². The lowest BCUT2D eigenvalue weighted by atomic mass is 9.81. The Morgan fingerprint density at radius 3 is 2.54 bits per heavy atom. The van der Waals surface area contributed by atoms with Crippen molar-refractivity contribution in [1.29, 1.82) is 0 Å². The predicted molar refractivity (Wildman–Crippen MR) is 117 cm³/mol. The number of hydrogen-bond donors (Lipinski definition) is 0. The normalized spacial score (nSPS) is 18.7. The lowest BCUT2D eigenvalue weighted by Crippen LogP contribution is -2.09. The summed E-state index contributed by atoms with van der Waals surface area (Å²) < 4.78 is 0. The second kappa shape index (κ2) is 9.40. The maximum Gasteiger partial charge on any atom is -0.0178 e. The fourth-order valence-corrected chi connectivity index (χ4v) is 4.33. The zero-order valence-corrected chi connectivity index (χ0v) is 17.1. The first-order chi connectivity index (χ1) is 12.7. The summed E-state index contributed by atoms with van der Waals surface area (Å²) in [5.74, 6) is 1.78. The summed E-state index contributed by atoms with van der Waals surface area (Å²) in [6.07, 6.45) is 14.3. The van der Waals surface area contributed by atoms with E-state index in [1.54, 1.807) is 5.57 Å². The van der Waals surface area contributed by atoms with Crippen LogP contribution in [0.2, 0.25) is 0 Å². The topological polar surface area (TPSA) is 0 Å². The molecule has 0 fully saturated rings. The summed E-state index contributed by atoms with van der Waals surface area (Å²) in [6.45, 7) is 6.99. The van der Waals surface area contributed by atoms with Gasteiger partial charge >= 0.3 is 0 Å². The molecule has 1 aliphatic rings. The summed E-state index contributed by atoms with van der Waals surface area (Å²) in [5.41, 5.74) is 4.50. The van der Waals surface area contributed by atoms with Crippen LogP contribution in [0.3, 0.4) is 0 Å². The third kappa shape index (κ3) is 5.00. The van der Waals surface area contributed by atoms with Crippen molar-refractivity contribution >= 4 is 16.3 Å². The van der Waals surface area contributed by atoms with Gasteiger partial charge in [0.1, 0.15) is 0 Å². The Hall–Kier alpha value is -1.56. The van der Waals surface area contributed by atoms with Crippen LogP contribution >= 0.6 is 0 Å². The van der Waals surface area contributed by atoms with Crippen LogP contribution in [-0.2, 0) is 6.42 Å². The van der Waals surface area contributed by atoms with Crippen molar-refractivity contribution in [3.8, 4) is 0 Å². The molecule has 0 N–H and O–H groups in total. The first-order valence-electron chi connectivity index (χ1n) is 10.9. The van der Waals surface area contributed by atoms with Crippen LogP contribution < -0.4 is 0 Å². The summed E-state index contributed by atoms with van der Waals surface area (Å²) in [5, 5.41) is 2.79. The molecule has 1 aliphatic carbocycles. The van der Waals surface area contributed by atoms with Gasteiger partial charge in [0.15, 0.2) is 0 Å². The van der Waals surface area contributed by atoms with E-state index >= 15 is 0 Å². The van der Waals surface area contributed by atoms with Crippen molar-refractivity contribution in [2.45, 2.75) is 78.6 Å². The van der Waals surface area contributed by atoms with Crippen LogP contribution in [0.25, 0.3) is 16.3 Å². The molecule has 0 saturated heterocycles. The summed E-state index contributed by atoms with van der Waals surface area (Å²) in [7, 11) is 0. The van der Waals surface area contributed by atoms with Crippen molar-refractivity contribution in [2.24, 2.45) is 11.8 Å². The lowest BCUT2D eigenvalue weighted by Gasteiger charge is -2.24. The minimum Gasteiger partial charge on any atom is -0.0804 e. The summed E-state index contributed by atoms with van der Waals surface area (Å²) >= 11 is 0. The molecule has 2 aromatic carbocycles. The number of rotatable bonds is 8. The average molecular weight is 349 g/mol. The van der Waals surface area contributed by atoms with Crippen LogP contribution in [0, 0.1) is 11.8 Å². The van der Waals surface area contributed by atoms with Gasteiger partial charge in [-0.25, -0.2) is 0 Å². The van der Waals surface area contributed by atoms with E-state index in [4.69, 9.17) is 0 Å². The van der Waals surface area contributed by atoms with E-state index in [9.17, 15) is 0 Å². The van der Waals surface area contributed by atoms with Gasteiger partial charge < -0.3 is 0 Å². The third-order valence-corrected chi connectivity index (χ3v) is 6.30. The number of unbranched alkanes of at least 4 members (excludes halogenated alkanes) is 2. The molecule has 0 heteroatoms. The Morgan fingerprint density at radius 1 is 1.00 bits per heavy atom. The number of benzene rings is 2. The van der Waals surface area contributed by atoms with Crippen molar-refractivity contribution in [2.75, 3.05) is 0 Å². The molecule has 0 nitrogen and oxygen atoms in total. The molecule has 2 aromatic rings. The molecule has 0 aliphatic heterocycles. The molecule has 0 bridgehead atoms. The largest absolute Gasteiger partial charge is 0.0804 e. The van der Waals surface area contributed by atoms with E-state index in [2.05, 4.69) is 63.2 Å². The molecular weight excluding hydrogens is 312 g/mol. The van der Waals surface area contributed by atoms with E-state index in [0.29, 0.717) is 0 Å². The molecule has 0 saturated carbocycles. The monoisotopic (exact) mass is 348 g/mol. The Morgan fingerprint density at radius 2 is 1.81 bits per heavy atom. The number of aryl methyl sites for hydroxylation is 1. The molecule has 26 heavy (non-hydrogen) atoms. The highest BCUT2D eigenvalue weighted by atomic mass is 14.2. The van der Waals surface area contributed by atoms with Gasteiger partial charge in [0.25, 0.3) is 0 Å². The minimum absolute atomic E-state index is 0.877. The van der Waals surface area contributed by atoms with Gasteiger partial charge in [-0.2, -0.15) is 0 Å². The van der Waals surface area contributed by atoms with Crippen LogP contribution in [0.5, 0.6) is 0 Å². The van der Waals surface area contributed by atoms with Crippen molar-refractivity contribution in [1.82, 2.24) is 0 Å². The van der Waals surface area contributed by atoms with Crippen molar-refractivity contribution in [3.63, 3.8) is 0 Å². The maximum absolute atomic E-state index is 2.52. The quantitative estimate of drug-likeness (QED) is 0.422. The molecule has 2 unspecified atom stereocenters. The van der Waals surface area contributed by atoms with Crippen LogP contribution in [0.15, 0.2) is 42.5 Å². The Balaban J connectivity index is 1.68. The van der Waals surface area contributed by atoms with E-state index < -0.39 is 0 Å². The van der Waals surface area contributed by atoms with Gasteiger partial charge in [-0.1, -0.05) is 76.4 Å². The molecule has 0 amide bonds. The van der Waals surface area contributed by atoms with Gasteiger partial charge in [0.2, 0.25) is 0 Å². The second-order valence-corrected chi connectivity index (χ2v) is 8.47. The lowest BCUT2D eigenvalue weighted by molar-refractivity contribution is 0.362. The average Bonchev–Trinajstić information content (AvgIpc) is 2.68.